The molecule has 2 aromatic heterocycles. The molecule has 0 saturated carbocycles. The zero-order chi connectivity index (χ0) is 20.4. The van der Waals surface area contributed by atoms with E-state index in [1.54, 1.807) is 30.3 Å². The van der Waals surface area contributed by atoms with Crippen LogP contribution in [0.1, 0.15) is 28.1 Å². The van der Waals surface area contributed by atoms with Gasteiger partial charge in [-0.2, -0.15) is 0 Å². The van der Waals surface area contributed by atoms with Crippen molar-refractivity contribution < 1.29 is 9.15 Å². The lowest BCUT2D eigenvalue weighted by atomic mass is 10.0. The van der Waals surface area contributed by atoms with Gasteiger partial charge in [-0.1, -0.05) is 18.2 Å². The van der Waals surface area contributed by atoms with Crippen LogP contribution in [-0.4, -0.2) is 21.6 Å². The molecule has 0 fully saturated rings. The number of aryl methyl sites for hydroxylation is 2. The van der Waals surface area contributed by atoms with Crippen LogP contribution in [-0.2, 0) is 17.8 Å². The van der Waals surface area contributed by atoms with Gasteiger partial charge in [0.1, 0.15) is 0 Å². The lowest BCUT2D eigenvalue weighted by molar-refractivity contribution is 0.185. The predicted molar refractivity (Wildman–Crippen MR) is 111 cm³/mol. The van der Waals surface area contributed by atoms with Gasteiger partial charge in [-0.05, 0) is 54.3 Å². The van der Waals surface area contributed by atoms with Crippen molar-refractivity contribution in [2.45, 2.75) is 26.9 Å². The van der Waals surface area contributed by atoms with Crippen LogP contribution in [0.3, 0.4) is 0 Å². The highest BCUT2D eigenvalue weighted by Gasteiger charge is 2.12. The smallest absolute Gasteiger partial charge is 0.330 e. The van der Waals surface area contributed by atoms with Gasteiger partial charge >= 0.3 is 5.69 Å². The summed E-state index contributed by atoms with van der Waals surface area (Å²) in [6, 6.07) is 12.2. The molecule has 0 aliphatic carbocycles. The zero-order valence-electron chi connectivity index (χ0n) is 16.7. The van der Waals surface area contributed by atoms with Gasteiger partial charge in [0.15, 0.2) is 11.7 Å². The second-order valence-electron chi connectivity index (χ2n) is 7.18. The summed E-state index contributed by atoms with van der Waals surface area (Å²) in [4.78, 5) is 19.1. The van der Waals surface area contributed by atoms with E-state index < -0.39 is 0 Å². The molecule has 1 N–H and O–H groups in total. The molecule has 4 rings (SSSR count). The molecule has 6 heteroatoms. The summed E-state index contributed by atoms with van der Waals surface area (Å²) in [7, 11) is 1.69. The Labute approximate surface area is 168 Å². The van der Waals surface area contributed by atoms with E-state index in [9.17, 15) is 4.79 Å². The van der Waals surface area contributed by atoms with Crippen LogP contribution in [0.5, 0.6) is 0 Å². The maximum Gasteiger partial charge on any atom is 0.330 e. The summed E-state index contributed by atoms with van der Waals surface area (Å²) in [5, 5.41) is 0. The number of rotatable bonds is 6. The number of hydrogen-bond donors (Lipinski definition) is 1. The number of H-pyrrole nitrogens is 1. The van der Waals surface area contributed by atoms with Crippen molar-refractivity contribution in [1.29, 1.82) is 0 Å². The van der Waals surface area contributed by atoms with Gasteiger partial charge in [0.05, 0.1) is 18.5 Å². The SMILES string of the molecule is COCc1ccc(C)c(Cc2ncc(-c3cc(C)cc(-n4cc[nH]c4=O)c3)o2)c1. The van der Waals surface area contributed by atoms with Gasteiger partial charge in [0, 0.05) is 31.5 Å². The first-order chi connectivity index (χ1) is 14.0. The van der Waals surface area contributed by atoms with Crippen LogP contribution < -0.4 is 5.69 Å². The highest BCUT2D eigenvalue weighted by molar-refractivity contribution is 5.62. The van der Waals surface area contributed by atoms with Gasteiger partial charge in [0.2, 0.25) is 0 Å². The fraction of sp³-hybridized carbons (Fsp3) is 0.217. The molecule has 0 aliphatic rings. The van der Waals surface area contributed by atoms with Crippen molar-refractivity contribution in [2.24, 2.45) is 0 Å². The molecule has 0 atom stereocenters. The molecule has 0 spiro atoms. The third-order valence-electron chi connectivity index (χ3n) is 4.89. The molecule has 0 radical (unpaired) electrons. The monoisotopic (exact) mass is 389 g/mol. The van der Waals surface area contributed by atoms with Crippen LogP contribution in [0.15, 0.2) is 64.2 Å². The Kier molecular flexibility index (Phi) is 5.18. The number of oxazole rings is 1. The molecule has 6 nitrogen and oxygen atoms in total. The van der Waals surface area contributed by atoms with E-state index in [4.69, 9.17) is 9.15 Å². The fourth-order valence-electron chi connectivity index (χ4n) is 3.43. The van der Waals surface area contributed by atoms with Crippen LogP contribution >= 0.6 is 0 Å². The average molecular weight is 389 g/mol. The Morgan fingerprint density at radius 3 is 2.79 bits per heavy atom. The van der Waals surface area contributed by atoms with Gasteiger partial charge in [0.25, 0.3) is 0 Å². The van der Waals surface area contributed by atoms with Crippen LogP contribution in [0.2, 0.25) is 0 Å². The maximum atomic E-state index is 12.0. The number of benzene rings is 2. The molecule has 0 unspecified atom stereocenters. The van der Waals surface area contributed by atoms with E-state index >= 15 is 0 Å². The van der Waals surface area contributed by atoms with Gasteiger partial charge in [-0.3, -0.25) is 4.57 Å². The summed E-state index contributed by atoms with van der Waals surface area (Å²) < 4.78 is 12.8. The molecule has 0 saturated heterocycles. The maximum absolute atomic E-state index is 12.0. The van der Waals surface area contributed by atoms with Crippen molar-refractivity contribution in [3.8, 4) is 17.0 Å². The summed E-state index contributed by atoms with van der Waals surface area (Å²) in [6.45, 7) is 4.65. The second-order valence-corrected chi connectivity index (χ2v) is 7.18. The van der Waals surface area contributed by atoms with E-state index in [1.165, 1.54) is 5.56 Å². The number of nitrogens with one attached hydrogen (secondary N) is 1. The summed E-state index contributed by atoms with van der Waals surface area (Å²) >= 11 is 0. The quantitative estimate of drug-likeness (QED) is 0.537. The molecule has 4 aromatic rings. The minimum atomic E-state index is -0.175. The number of aromatic amines is 1. The van der Waals surface area contributed by atoms with Crippen molar-refractivity contribution in [1.82, 2.24) is 14.5 Å². The average Bonchev–Trinajstić information content (AvgIpc) is 3.33. The minimum absolute atomic E-state index is 0.175. The lowest BCUT2D eigenvalue weighted by Crippen LogP contribution is -2.14. The van der Waals surface area contributed by atoms with E-state index in [-0.39, 0.29) is 5.69 Å². The van der Waals surface area contributed by atoms with E-state index in [2.05, 4.69) is 35.1 Å². The highest BCUT2D eigenvalue weighted by atomic mass is 16.5. The predicted octanol–water partition coefficient (Wildman–Crippen LogP) is 4.17. The normalized spacial score (nSPS) is 11.1. The Bertz CT molecular complexity index is 1200. The molecule has 148 valence electrons. The first-order valence-electron chi connectivity index (χ1n) is 9.44. The van der Waals surface area contributed by atoms with Crippen LogP contribution in [0, 0.1) is 13.8 Å². The standard InChI is InChI=1S/C23H23N3O3/c1-15-8-19(11-20(9-15)26-7-6-24-23(26)27)21-13-25-22(29-21)12-18-10-17(14-28-3)5-4-16(18)2/h4-11,13H,12,14H2,1-3H3,(H,24,27). The third kappa shape index (κ3) is 4.07. The van der Waals surface area contributed by atoms with Crippen LogP contribution in [0.4, 0.5) is 0 Å². The number of ether oxygens (including phenoxy) is 1. The number of nitrogens with zero attached hydrogens (tertiary/aromatic N) is 2. The van der Waals surface area contributed by atoms with Gasteiger partial charge < -0.3 is 14.1 Å². The number of imidazole rings is 1. The number of methoxy groups -OCH3 is 1. The molecule has 0 aliphatic heterocycles. The topological polar surface area (TPSA) is 73.1 Å². The molecule has 0 amide bonds. The van der Waals surface area contributed by atoms with E-state index in [1.807, 2.05) is 25.1 Å². The first-order valence-corrected chi connectivity index (χ1v) is 9.44. The molecule has 2 heterocycles. The lowest BCUT2D eigenvalue weighted by Gasteiger charge is -2.07. The Balaban J connectivity index is 1.63. The largest absolute Gasteiger partial charge is 0.440 e. The Morgan fingerprint density at radius 1 is 1.17 bits per heavy atom. The Morgan fingerprint density at radius 2 is 2.03 bits per heavy atom. The fourth-order valence-corrected chi connectivity index (χ4v) is 3.43. The van der Waals surface area contributed by atoms with Gasteiger partial charge in [-0.15, -0.1) is 0 Å². The van der Waals surface area contributed by atoms with Crippen molar-refractivity contribution in [3.05, 3.63) is 93.6 Å². The Hall–Kier alpha value is -3.38. The summed E-state index contributed by atoms with van der Waals surface area (Å²) in [5.41, 5.74) is 6.01. The third-order valence-corrected chi connectivity index (χ3v) is 4.89. The van der Waals surface area contributed by atoms with Gasteiger partial charge in [-0.25, -0.2) is 9.78 Å². The number of aromatic nitrogens is 3. The van der Waals surface area contributed by atoms with Crippen molar-refractivity contribution in [2.75, 3.05) is 7.11 Å². The second kappa shape index (κ2) is 7.93. The van der Waals surface area contributed by atoms with Crippen LogP contribution in [0.25, 0.3) is 17.0 Å². The van der Waals surface area contributed by atoms with Crippen molar-refractivity contribution >= 4 is 0 Å². The van der Waals surface area contributed by atoms with Crippen molar-refractivity contribution in [3.63, 3.8) is 0 Å². The molecular formula is C23H23N3O3. The zero-order valence-corrected chi connectivity index (χ0v) is 16.7. The molecule has 29 heavy (non-hydrogen) atoms. The summed E-state index contributed by atoms with van der Waals surface area (Å²) in [5.74, 6) is 1.33. The molecular weight excluding hydrogens is 366 g/mol. The van der Waals surface area contributed by atoms with E-state index in [0.29, 0.717) is 24.7 Å². The number of hydrogen-bond acceptors (Lipinski definition) is 4. The highest BCUT2D eigenvalue weighted by Crippen LogP contribution is 2.26. The molecule has 0 bridgehead atoms. The minimum Gasteiger partial charge on any atom is -0.440 e. The molecule has 2 aromatic carbocycles. The first kappa shape index (κ1) is 19.0. The van der Waals surface area contributed by atoms with E-state index in [0.717, 1.165) is 27.9 Å². The summed E-state index contributed by atoms with van der Waals surface area (Å²) in [6.07, 6.45) is 5.68.